The second-order valence-corrected chi connectivity index (χ2v) is 6.16. The first-order valence-electron chi connectivity index (χ1n) is 6.99. The number of aromatic nitrogens is 2. The number of nitrogens with zero attached hydrogens (tertiary/aromatic N) is 2. The molecule has 3 nitrogen and oxygen atoms in total. The van der Waals surface area contributed by atoms with Gasteiger partial charge >= 0.3 is 0 Å². The standard InChI is InChI=1S/C17H11Cl2FN2O.ClH/c18-12-6-4-11(5-7-12)17(15-13(19)2-1-3-14(15)20)16(23-17)22-9-8-21-10-22;/h1-10,16H;1H. The predicted octanol–water partition coefficient (Wildman–Crippen LogP) is 5.22. The zero-order valence-electron chi connectivity index (χ0n) is 12.2. The molecule has 3 aromatic rings. The summed E-state index contributed by atoms with van der Waals surface area (Å²) in [5, 5.41) is 0.922. The van der Waals surface area contributed by atoms with Gasteiger partial charge in [0.1, 0.15) is 5.82 Å². The number of epoxide rings is 1. The highest BCUT2D eigenvalue weighted by Crippen LogP contribution is 2.60. The Balaban J connectivity index is 0.00000169. The van der Waals surface area contributed by atoms with Crippen molar-refractivity contribution in [3.8, 4) is 0 Å². The molecule has 124 valence electrons. The Hall–Kier alpha value is -1.59. The van der Waals surface area contributed by atoms with Crippen molar-refractivity contribution in [2.24, 2.45) is 0 Å². The van der Waals surface area contributed by atoms with Crippen molar-refractivity contribution in [2.45, 2.75) is 11.8 Å². The second kappa shape index (κ2) is 6.37. The van der Waals surface area contributed by atoms with Gasteiger partial charge in [-0.3, -0.25) is 0 Å². The molecule has 0 saturated carbocycles. The van der Waals surface area contributed by atoms with Gasteiger partial charge in [-0.1, -0.05) is 41.4 Å². The highest BCUT2D eigenvalue weighted by Gasteiger charge is 2.62. The molecular formula is C17H12Cl3FN2O. The van der Waals surface area contributed by atoms with Crippen LogP contribution >= 0.6 is 35.6 Å². The van der Waals surface area contributed by atoms with Crippen LogP contribution in [0.5, 0.6) is 0 Å². The second-order valence-electron chi connectivity index (χ2n) is 5.32. The Morgan fingerprint density at radius 3 is 2.50 bits per heavy atom. The summed E-state index contributed by atoms with van der Waals surface area (Å²) in [7, 11) is 0. The molecule has 1 saturated heterocycles. The molecule has 1 aromatic heterocycles. The van der Waals surface area contributed by atoms with Gasteiger partial charge in [-0.25, -0.2) is 9.37 Å². The van der Waals surface area contributed by atoms with Crippen LogP contribution in [-0.2, 0) is 10.3 Å². The minimum Gasteiger partial charge on any atom is -0.333 e. The van der Waals surface area contributed by atoms with Crippen molar-refractivity contribution in [3.63, 3.8) is 0 Å². The van der Waals surface area contributed by atoms with Crippen LogP contribution in [0.1, 0.15) is 17.4 Å². The molecule has 0 bridgehead atoms. The summed E-state index contributed by atoms with van der Waals surface area (Å²) in [5.41, 5.74) is 0.114. The van der Waals surface area contributed by atoms with E-state index in [0.29, 0.717) is 15.6 Å². The van der Waals surface area contributed by atoms with E-state index < -0.39 is 17.6 Å². The Labute approximate surface area is 154 Å². The number of imidazole rings is 1. The maximum atomic E-state index is 14.6. The monoisotopic (exact) mass is 384 g/mol. The van der Waals surface area contributed by atoms with E-state index in [-0.39, 0.29) is 12.4 Å². The first-order valence-corrected chi connectivity index (χ1v) is 7.74. The Morgan fingerprint density at radius 1 is 1.12 bits per heavy atom. The molecule has 2 atom stereocenters. The van der Waals surface area contributed by atoms with Crippen molar-refractivity contribution in [1.29, 1.82) is 0 Å². The topological polar surface area (TPSA) is 30.4 Å². The normalized spacial score (nSPS) is 22.0. The van der Waals surface area contributed by atoms with E-state index in [0.717, 1.165) is 5.56 Å². The van der Waals surface area contributed by atoms with Gasteiger partial charge in [0.15, 0.2) is 11.8 Å². The third-order valence-electron chi connectivity index (χ3n) is 3.99. The lowest BCUT2D eigenvalue weighted by molar-refractivity contribution is 0.300. The van der Waals surface area contributed by atoms with Crippen molar-refractivity contribution < 1.29 is 9.13 Å². The summed E-state index contributed by atoms with van der Waals surface area (Å²) in [5.74, 6) is -0.407. The molecule has 4 rings (SSSR count). The van der Waals surface area contributed by atoms with E-state index in [4.69, 9.17) is 27.9 Å². The highest BCUT2D eigenvalue weighted by atomic mass is 35.5. The van der Waals surface area contributed by atoms with Gasteiger partial charge in [-0.15, -0.1) is 12.4 Å². The van der Waals surface area contributed by atoms with E-state index in [1.54, 1.807) is 47.6 Å². The van der Waals surface area contributed by atoms with Crippen LogP contribution in [0, 0.1) is 5.82 Å². The van der Waals surface area contributed by atoms with E-state index in [1.807, 2.05) is 12.1 Å². The van der Waals surface area contributed by atoms with Crippen LogP contribution in [0.25, 0.3) is 0 Å². The van der Waals surface area contributed by atoms with E-state index >= 15 is 0 Å². The smallest absolute Gasteiger partial charge is 0.174 e. The molecule has 2 heterocycles. The van der Waals surface area contributed by atoms with Crippen LogP contribution in [0.4, 0.5) is 4.39 Å². The first-order chi connectivity index (χ1) is 11.1. The molecule has 0 spiro atoms. The van der Waals surface area contributed by atoms with E-state index in [1.165, 1.54) is 6.07 Å². The molecule has 0 N–H and O–H groups in total. The predicted molar refractivity (Wildman–Crippen MR) is 93.2 cm³/mol. The number of halogens is 4. The molecular weight excluding hydrogens is 374 g/mol. The molecule has 1 aliphatic rings. The largest absolute Gasteiger partial charge is 0.333 e. The lowest BCUT2D eigenvalue weighted by atomic mass is 9.89. The van der Waals surface area contributed by atoms with Gasteiger partial charge in [0.2, 0.25) is 0 Å². The van der Waals surface area contributed by atoms with Gasteiger partial charge in [-0.2, -0.15) is 0 Å². The van der Waals surface area contributed by atoms with Gasteiger partial charge < -0.3 is 9.30 Å². The zero-order valence-corrected chi connectivity index (χ0v) is 14.5. The maximum Gasteiger partial charge on any atom is 0.174 e. The number of benzene rings is 2. The average molecular weight is 386 g/mol. The van der Waals surface area contributed by atoms with Crippen LogP contribution in [0.2, 0.25) is 10.0 Å². The highest BCUT2D eigenvalue weighted by molar-refractivity contribution is 6.31. The summed E-state index contributed by atoms with van der Waals surface area (Å²) < 4.78 is 22.3. The summed E-state index contributed by atoms with van der Waals surface area (Å²) in [6.45, 7) is 0. The van der Waals surface area contributed by atoms with E-state index in [9.17, 15) is 4.39 Å². The Bertz CT molecular complexity index is 835. The van der Waals surface area contributed by atoms with Crippen LogP contribution in [0.3, 0.4) is 0 Å². The first kappa shape index (κ1) is 17.2. The van der Waals surface area contributed by atoms with Crippen molar-refractivity contribution in [1.82, 2.24) is 9.55 Å². The van der Waals surface area contributed by atoms with Crippen molar-refractivity contribution in [3.05, 3.63) is 88.2 Å². The van der Waals surface area contributed by atoms with Gasteiger partial charge in [0, 0.05) is 23.0 Å². The molecule has 0 aliphatic carbocycles. The van der Waals surface area contributed by atoms with Crippen LogP contribution in [-0.4, -0.2) is 9.55 Å². The Morgan fingerprint density at radius 2 is 1.88 bits per heavy atom. The minimum atomic E-state index is -0.992. The third kappa shape index (κ3) is 2.60. The Kier molecular flexibility index (Phi) is 4.58. The summed E-state index contributed by atoms with van der Waals surface area (Å²) in [4.78, 5) is 4.03. The quantitative estimate of drug-likeness (QED) is 0.578. The fourth-order valence-corrected chi connectivity index (χ4v) is 3.34. The van der Waals surface area contributed by atoms with Gasteiger partial charge in [0.05, 0.1) is 11.3 Å². The molecule has 2 unspecified atom stereocenters. The van der Waals surface area contributed by atoms with Crippen LogP contribution < -0.4 is 0 Å². The SMILES string of the molecule is Cl.Fc1cccc(Cl)c1C1(c2ccc(Cl)cc2)OC1n1ccnc1. The average Bonchev–Trinajstić information content (AvgIpc) is 3.03. The fourth-order valence-electron chi connectivity index (χ4n) is 2.91. The number of rotatable bonds is 3. The number of ether oxygens (including phenoxy) is 1. The molecule has 0 amide bonds. The number of hydrogen-bond donors (Lipinski definition) is 0. The van der Waals surface area contributed by atoms with Gasteiger partial charge in [0.25, 0.3) is 0 Å². The molecule has 0 radical (unpaired) electrons. The summed E-state index contributed by atoms with van der Waals surface area (Å²) in [6.07, 6.45) is 4.64. The lowest BCUT2D eigenvalue weighted by Crippen LogP contribution is -2.17. The van der Waals surface area contributed by atoms with Crippen molar-refractivity contribution in [2.75, 3.05) is 0 Å². The van der Waals surface area contributed by atoms with Crippen molar-refractivity contribution >= 4 is 35.6 Å². The molecule has 24 heavy (non-hydrogen) atoms. The van der Waals surface area contributed by atoms with Gasteiger partial charge in [-0.05, 0) is 29.8 Å². The third-order valence-corrected chi connectivity index (χ3v) is 4.56. The fraction of sp³-hybridized carbons (Fsp3) is 0.118. The zero-order chi connectivity index (χ0) is 16.0. The van der Waals surface area contributed by atoms with Crippen LogP contribution in [0.15, 0.2) is 61.2 Å². The maximum absolute atomic E-state index is 14.6. The van der Waals surface area contributed by atoms with E-state index in [2.05, 4.69) is 4.98 Å². The minimum absolute atomic E-state index is 0. The summed E-state index contributed by atoms with van der Waals surface area (Å²) >= 11 is 12.3. The molecule has 2 aromatic carbocycles. The number of hydrogen-bond acceptors (Lipinski definition) is 2. The molecule has 7 heteroatoms. The lowest BCUT2D eigenvalue weighted by Gasteiger charge is -2.17. The molecule has 1 aliphatic heterocycles. The summed E-state index contributed by atoms with van der Waals surface area (Å²) in [6, 6.07) is 11.8. The molecule has 1 fully saturated rings.